The number of carbonyl (C=O) groups excluding carboxylic acids is 2. The second kappa shape index (κ2) is 12.1. The molecule has 0 aliphatic heterocycles. The number of halogens is 3. The number of hydrogen-bond donors (Lipinski definition) is 2. The predicted octanol–water partition coefficient (Wildman–Crippen LogP) is 6.68. The lowest BCUT2D eigenvalue weighted by Gasteiger charge is -2.20. The molecule has 0 aliphatic carbocycles. The van der Waals surface area contributed by atoms with E-state index < -0.39 is 29.5 Å². The molecule has 1 atom stereocenters. The average molecular weight is 580 g/mol. The smallest absolute Gasteiger partial charge is 0.416 e. The number of amides is 2. The number of alkyl halides is 3. The minimum atomic E-state index is -4.54. The fourth-order valence-corrected chi connectivity index (χ4v) is 4.25. The summed E-state index contributed by atoms with van der Waals surface area (Å²) in [5, 5.41) is 9.87. The molecule has 11 heteroatoms. The van der Waals surface area contributed by atoms with Gasteiger partial charge in [0.15, 0.2) is 0 Å². The van der Waals surface area contributed by atoms with Gasteiger partial charge in [-0.2, -0.15) is 18.3 Å². The van der Waals surface area contributed by atoms with Gasteiger partial charge in [-0.3, -0.25) is 14.5 Å². The maximum Gasteiger partial charge on any atom is 0.416 e. The van der Waals surface area contributed by atoms with Gasteiger partial charge in [0.1, 0.15) is 11.3 Å². The van der Waals surface area contributed by atoms with Gasteiger partial charge in [-0.1, -0.05) is 30.3 Å². The largest absolute Gasteiger partial charge is 0.444 e. The van der Waals surface area contributed by atoms with Crippen LogP contribution in [0.4, 0.5) is 18.0 Å². The highest BCUT2D eigenvalue weighted by atomic mass is 19.4. The van der Waals surface area contributed by atoms with Crippen molar-refractivity contribution in [3.8, 4) is 22.4 Å². The number of carbonyl (C=O) groups is 2. The standard InChI is InChI=1S/C31H32F3N5O3/c1-19(37-28(40)27-16-22(12-14-35-27)26-13-15-39(5)38-26)20-6-8-21(9-7-20)25-17-24(31(32,33)34)11-10-23(25)18-36-29(41)42-30(2,3)4/h6-17,19H,18H2,1-5H3,(H,36,41)(H,37,40)/t19-/m1/s1. The summed E-state index contributed by atoms with van der Waals surface area (Å²) in [5.74, 6) is -0.377. The Hall–Kier alpha value is -4.67. The Morgan fingerprint density at radius 3 is 2.31 bits per heavy atom. The lowest BCUT2D eigenvalue weighted by atomic mass is 9.95. The van der Waals surface area contributed by atoms with Gasteiger partial charge in [0, 0.05) is 31.5 Å². The first kappa shape index (κ1) is 30.3. The number of aromatic nitrogens is 3. The van der Waals surface area contributed by atoms with Crippen LogP contribution in [0.3, 0.4) is 0 Å². The first-order valence-corrected chi connectivity index (χ1v) is 13.2. The van der Waals surface area contributed by atoms with Gasteiger partial charge in [-0.15, -0.1) is 0 Å². The molecule has 0 bridgehead atoms. The van der Waals surface area contributed by atoms with Crippen LogP contribution < -0.4 is 10.6 Å². The highest BCUT2D eigenvalue weighted by Gasteiger charge is 2.31. The lowest BCUT2D eigenvalue weighted by molar-refractivity contribution is -0.137. The van der Waals surface area contributed by atoms with Crippen LogP contribution in [0.25, 0.3) is 22.4 Å². The van der Waals surface area contributed by atoms with Gasteiger partial charge < -0.3 is 15.4 Å². The van der Waals surface area contributed by atoms with Crippen LogP contribution in [0.2, 0.25) is 0 Å². The van der Waals surface area contributed by atoms with Crippen molar-refractivity contribution in [2.45, 2.75) is 52.1 Å². The highest BCUT2D eigenvalue weighted by Crippen LogP contribution is 2.34. The number of aryl methyl sites for hydroxylation is 1. The first-order valence-electron chi connectivity index (χ1n) is 13.2. The third kappa shape index (κ3) is 7.74. The molecule has 0 radical (unpaired) electrons. The molecule has 4 rings (SSSR count). The fourth-order valence-electron chi connectivity index (χ4n) is 4.25. The molecule has 2 aromatic carbocycles. The molecule has 2 amide bonds. The second-order valence-corrected chi connectivity index (χ2v) is 10.8. The van der Waals surface area contributed by atoms with Gasteiger partial charge in [-0.25, -0.2) is 4.79 Å². The molecule has 42 heavy (non-hydrogen) atoms. The monoisotopic (exact) mass is 579 g/mol. The summed E-state index contributed by atoms with van der Waals surface area (Å²) in [6.45, 7) is 6.93. The van der Waals surface area contributed by atoms with Crippen LogP contribution in [0.5, 0.6) is 0 Å². The number of nitrogens with zero attached hydrogens (tertiary/aromatic N) is 3. The van der Waals surface area contributed by atoms with Gasteiger partial charge in [-0.05, 0) is 80.3 Å². The minimum absolute atomic E-state index is 0.0266. The Morgan fingerprint density at radius 2 is 1.69 bits per heavy atom. The molecular formula is C31H32F3N5O3. The summed E-state index contributed by atoms with van der Waals surface area (Å²) in [7, 11) is 1.81. The summed E-state index contributed by atoms with van der Waals surface area (Å²) in [6, 6.07) is 15.1. The topological polar surface area (TPSA) is 98.1 Å². The fraction of sp³-hybridized carbons (Fsp3) is 0.290. The number of alkyl carbamates (subject to hydrolysis) is 1. The van der Waals surface area contributed by atoms with Gasteiger partial charge in [0.05, 0.1) is 17.3 Å². The second-order valence-electron chi connectivity index (χ2n) is 10.8. The third-order valence-corrected chi connectivity index (χ3v) is 6.33. The molecule has 0 spiro atoms. The van der Waals surface area contributed by atoms with Gasteiger partial charge >= 0.3 is 12.3 Å². The molecule has 0 aliphatic rings. The van der Waals surface area contributed by atoms with E-state index in [1.807, 2.05) is 6.07 Å². The van der Waals surface area contributed by atoms with Crippen LogP contribution in [-0.2, 0) is 24.5 Å². The van der Waals surface area contributed by atoms with E-state index in [1.165, 1.54) is 6.07 Å². The van der Waals surface area contributed by atoms with Crippen molar-refractivity contribution in [1.29, 1.82) is 0 Å². The summed E-state index contributed by atoms with van der Waals surface area (Å²) >= 11 is 0. The molecule has 0 fully saturated rings. The number of benzene rings is 2. The van der Waals surface area contributed by atoms with Crippen molar-refractivity contribution >= 4 is 12.0 Å². The first-order chi connectivity index (χ1) is 19.7. The zero-order valence-corrected chi connectivity index (χ0v) is 23.9. The molecule has 2 aromatic heterocycles. The zero-order valence-electron chi connectivity index (χ0n) is 23.9. The van der Waals surface area contributed by atoms with Crippen molar-refractivity contribution in [2.75, 3.05) is 0 Å². The molecule has 4 aromatic rings. The van der Waals surface area contributed by atoms with Crippen molar-refractivity contribution in [3.63, 3.8) is 0 Å². The van der Waals surface area contributed by atoms with E-state index >= 15 is 0 Å². The maximum atomic E-state index is 13.5. The highest BCUT2D eigenvalue weighted by molar-refractivity contribution is 5.93. The van der Waals surface area contributed by atoms with E-state index in [2.05, 4.69) is 20.7 Å². The van der Waals surface area contributed by atoms with E-state index in [0.29, 0.717) is 22.4 Å². The van der Waals surface area contributed by atoms with Crippen molar-refractivity contribution in [1.82, 2.24) is 25.4 Å². The number of hydrogen-bond acceptors (Lipinski definition) is 5. The number of pyridine rings is 1. The van der Waals surface area contributed by atoms with Crippen molar-refractivity contribution < 1.29 is 27.5 Å². The average Bonchev–Trinajstić information content (AvgIpc) is 3.36. The van der Waals surface area contributed by atoms with Crippen LogP contribution in [0.15, 0.2) is 73.1 Å². The summed E-state index contributed by atoms with van der Waals surface area (Å²) < 4.78 is 47.5. The normalized spacial score (nSPS) is 12.5. The molecule has 8 nitrogen and oxygen atoms in total. The summed E-state index contributed by atoms with van der Waals surface area (Å²) in [4.78, 5) is 29.3. The molecule has 0 saturated carbocycles. The number of ether oxygens (including phenoxy) is 1. The molecule has 220 valence electrons. The minimum Gasteiger partial charge on any atom is -0.444 e. The Morgan fingerprint density at radius 1 is 0.976 bits per heavy atom. The van der Waals surface area contributed by atoms with Crippen LogP contribution in [0.1, 0.15) is 60.9 Å². The molecular weight excluding hydrogens is 547 g/mol. The quantitative estimate of drug-likeness (QED) is 0.254. The van der Waals surface area contributed by atoms with E-state index in [1.54, 1.807) is 88.2 Å². The lowest BCUT2D eigenvalue weighted by Crippen LogP contribution is -2.32. The zero-order chi connectivity index (χ0) is 30.7. The maximum absolute atomic E-state index is 13.5. The van der Waals surface area contributed by atoms with Crippen LogP contribution >= 0.6 is 0 Å². The Labute approximate surface area is 241 Å². The van der Waals surface area contributed by atoms with Gasteiger partial charge in [0.25, 0.3) is 5.91 Å². The third-order valence-electron chi connectivity index (χ3n) is 6.33. The number of rotatable bonds is 7. The molecule has 0 saturated heterocycles. The molecule has 2 N–H and O–H groups in total. The SMILES string of the molecule is C[C@@H](NC(=O)c1cc(-c2ccn(C)n2)ccn1)c1ccc(-c2cc(C(F)(F)F)ccc2CNC(=O)OC(C)(C)C)cc1. The predicted molar refractivity (Wildman–Crippen MR) is 152 cm³/mol. The number of nitrogens with one attached hydrogen (secondary N) is 2. The van der Waals surface area contributed by atoms with Crippen molar-refractivity contribution in [2.24, 2.45) is 7.05 Å². The Kier molecular flexibility index (Phi) is 8.70. The van der Waals surface area contributed by atoms with Gasteiger partial charge in [0.2, 0.25) is 0 Å². The van der Waals surface area contributed by atoms with Crippen LogP contribution in [0, 0.1) is 0 Å². The van der Waals surface area contributed by atoms with E-state index in [4.69, 9.17) is 4.74 Å². The Bertz CT molecular complexity index is 1570. The van der Waals surface area contributed by atoms with E-state index in [-0.39, 0.29) is 18.1 Å². The summed E-state index contributed by atoms with van der Waals surface area (Å²) in [6.07, 6.45) is -1.86. The Balaban J connectivity index is 1.51. The van der Waals surface area contributed by atoms with Crippen molar-refractivity contribution in [3.05, 3.63) is 95.4 Å². The van der Waals surface area contributed by atoms with Crippen LogP contribution in [-0.4, -0.2) is 32.4 Å². The van der Waals surface area contributed by atoms with E-state index in [9.17, 15) is 22.8 Å². The van der Waals surface area contributed by atoms with E-state index in [0.717, 1.165) is 23.3 Å². The summed E-state index contributed by atoms with van der Waals surface area (Å²) in [5.41, 5.74) is 2.26. The molecule has 0 unspecified atom stereocenters. The molecule has 2 heterocycles.